The number of alkyl carbamates (subject to hydrolysis) is 2. The van der Waals surface area contributed by atoms with Gasteiger partial charge in [0.1, 0.15) is 23.7 Å². The highest BCUT2D eigenvalue weighted by Gasteiger charge is 2.48. The second-order valence-electron chi connectivity index (χ2n) is 16.9. The highest BCUT2D eigenvalue weighted by Crippen LogP contribution is 2.50. The fourth-order valence-electron chi connectivity index (χ4n) is 9.66. The van der Waals surface area contributed by atoms with Crippen LogP contribution in [0.2, 0.25) is 0 Å². The molecule has 14 heteroatoms. The van der Waals surface area contributed by atoms with Crippen LogP contribution < -0.4 is 10.6 Å². The van der Waals surface area contributed by atoms with Gasteiger partial charge in [0, 0.05) is 23.7 Å². The number of ether oxygens (including phenoxy) is 2. The molecule has 0 unspecified atom stereocenters. The van der Waals surface area contributed by atoms with Crippen LogP contribution in [0.25, 0.3) is 44.8 Å². The Bertz CT molecular complexity index is 2210. The van der Waals surface area contributed by atoms with E-state index in [4.69, 9.17) is 19.4 Å². The van der Waals surface area contributed by atoms with Gasteiger partial charge in [-0.25, -0.2) is 19.6 Å². The molecule has 0 radical (unpaired) electrons. The van der Waals surface area contributed by atoms with Crippen LogP contribution in [-0.2, 0) is 19.1 Å². The third-order valence-corrected chi connectivity index (χ3v) is 12.7. The lowest BCUT2D eigenvalue weighted by atomic mass is 9.78. The Labute approximate surface area is 338 Å². The van der Waals surface area contributed by atoms with Crippen molar-refractivity contribution in [1.82, 2.24) is 40.4 Å². The van der Waals surface area contributed by atoms with Gasteiger partial charge >= 0.3 is 12.2 Å². The Morgan fingerprint density at radius 3 is 1.78 bits per heavy atom. The van der Waals surface area contributed by atoms with E-state index in [-0.39, 0.29) is 41.8 Å². The number of carbonyl (C=O) groups is 4. The molecule has 2 aromatic heterocycles. The van der Waals surface area contributed by atoms with Gasteiger partial charge in [0.2, 0.25) is 11.8 Å². The number of carbonyl (C=O) groups excluding carboxylic acids is 4. The second kappa shape index (κ2) is 15.9. The van der Waals surface area contributed by atoms with E-state index in [2.05, 4.69) is 57.0 Å². The second-order valence-corrected chi connectivity index (χ2v) is 16.9. The summed E-state index contributed by atoms with van der Waals surface area (Å²) in [4.78, 5) is 72.6. The lowest BCUT2D eigenvalue weighted by Gasteiger charge is -2.36. The van der Waals surface area contributed by atoms with Crippen molar-refractivity contribution in [2.75, 3.05) is 20.8 Å². The number of benzene rings is 2. The number of likely N-dealkylation sites (tertiary alicyclic amines) is 2. The van der Waals surface area contributed by atoms with Crippen LogP contribution in [0, 0.1) is 17.8 Å². The Hall–Kier alpha value is -5.66. The number of nitrogens with zero attached hydrogens (tertiary/aromatic N) is 4. The predicted octanol–water partition coefficient (Wildman–Crippen LogP) is 7.37. The molecule has 1 saturated carbocycles. The summed E-state index contributed by atoms with van der Waals surface area (Å²) >= 11 is 0. The summed E-state index contributed by atoms with van der Waals surface area (Å²) in [7, 11) is 2.61. The van der Waals surface area contributed by atoms with Crippen LogP contribution in [0.15, 0.2) is 48.8 Å². The van der Waals surface area contributed by atoms with Crippen LogP contribution in [-0.4, -0.2) is 92.6 Å². The molecule has 8 rings (SSSR count). The molecule has 0 bridgehead atoms. The van der Waals surface area contributed by atoms with Crippen molar-refractivity contribution < 1.29 is 28.7 Å². The lowest BCUT2D eigenvalue weighted by molar-refractivity contribution is -0.138. The number of hydrogen-bond acceptors (Lipinski definition) is 8. The maximum absolute atomic E-state index is 14.2. The van der Waals surface area contributed by atoms with Gasteiger partial charge in [-0.05, 0) is 84.2 Å². The molecule has 4 aliphatic rings. The zero-order valence-electron chi connectivity index (χ0n) is 34.1. The molecule has 14 nitrogen and oxygen atoms in total. The van der Waals surface area contributed by atoms with Crippen molar-refractivity contribution in [3.8, 4) is 44.8 Å². The van der Waals surface area contributed by atoms with E-state index in [1.54, 1.807) is 0 Å². The van der Waals surface area contributed by atoms with Gasteiger partial charge < -0.3 is 39.9 Å². The molecule has 4 heterocycles. The molecule has 6 atom stereocenters. The molecule has 4 N–H and O–H groups in total. The van der Waals surface area contributed by atoms with Crippen LogP contribution in [0.5, 0.6) is 0 Å². The Morgan fingerprint density at radius 1 is 0.690 bits per heavy atom. The number of aromatic amines is 2. The van der Waals surface area contributed by atoms with Gasteiger partial charge in [-0.15, -0.1) is 0 Å². The van der Waals surface area contributed by atoms with Gasteiger partial charge in [0.25, 0.3) is 0 Å². The molecule has 2 aliphatic heterocycles. The summed E-state index contributed by atoms with van der Waals surface area (Å²) in [5.74, 6) is 1.47. The minimum absolute atomic E-state index is 0.0819. The SMILES string of the molecule is COC(=O)N[C@H](C(=O)N1CCC[C@H]1c1ncc(-c2ccc3c(c2)-c2ccc(-c4cnc([C@@H]5C[C@@H]6CCCC[C@@H]6N5C(=O)[C@@H](NC(=O)OC)C(C)C)[nH]4)cc2-3)[nH]1)C(C)C. The predicted molar refractivity (Wildman–Crippen MR) is 218 cm³/mol. The van der Waals surface area contributed by atoms with E-state index in [0.29, 0.717) is 12.5 Å². The van der Waals surface area contributed by atoms with Gasteiger partial charge in [0.15, 0.2) is 0 Å². The smallest absolute Gasteiger partial charge is 0.407 e. The number of rotatable bonds is 10. The number of hydrogen-bond donors (Lipinski definition) is 4. The van der Waals surface area contributed by atoms with Gasteiger partial charge in [-0.3, -0.25) is 9.59 Å². The van der Waals surface area contributed by atoms with E-state index in [0.717, 1.165) is 84.7 Å². The molecule has 0 spiro atoms. The van der Waals surface area contributed by atoms with Crippen molar-refractivity contribution in [1.29, 1.82) is 0 Å². The molecule has 4 amide bonds. The molecule has 3 fully saturated rings. The maximum Gasteiger partial charge on any atom is 0.407 e. The monoisotopic (exact) mass is 790 g/mol. The fraction of sp³-hybridized carbons (Fsp3) is 0.500. The number of fused-ring (bicyclic) bond motifs is 5. The van der Waals surface area contributed by atoms with E-state index in [1.165, 1.54) is 30.9 Å². The first kappa shape index (κ1) is 39.2. The number of H-pyrrole nitrogens is 2. The first-order valence-electron chi connectivity index (χ1n) is 20.7. The third-order valence-electron chi connectivity index (χ3n) is 12.7. The Balaban J connectivity index is 0.987. The third kappa shape index (κ3) is 7.10. The first-order chi connectivity index (χ1) is 28.0. The zero-order valence-corrected chi connectivity index (χ0v) is 34.1. The Morgan fingerprint density at radius 2 is 1.22 bits per heavy atom. The van der Waals surface area contributed by atoms with Crippen molar-refractivity contribution in [3.05, 3.63) is 60.4 Å². The molecular formula is C44H54N8O6. The molecule has 306 valence electrons. The summed E-state index contributed by atoms with van der Waals surface area (Å²) in [6, 6.07) is 11.2. The van der Waals surface area contributed by atoms with Crippen LogP contribution in [0.3, 0.4) is 0 Å². The summed E-state index contributed by atoms with van der Waals surface area (Å²) in [5.41, 5.74) is 8.45. The average molecular weight is 791 g/mol. The number of methoxy groups -OCH3 is 2. The highest BCUT2D eigenvalue weighted by molar-refractivity contribution is 6.04. The maximum atomic E-state index is 14.2. The standard InChI is InChI=1S/C44H54N8O6/c1-23(2)37(49-43(55)57-5)41(53)51-17-9-12-35(51)39-45-21-32(47-39)25-13-15-28-30(18-25)29-16-14-26(19-31(28)29)33-22-46-40(48-33)36-20-27-10-7-8-11-34(27)52(36)42(54)38(24(3)4)50-44(56)58-6/h13-16,18-19,21-24,27,34-38H,7-12,17,20H2,1-6H3,(H,45,47)(H,46,48)(H,49,55)(H,50,56)/t27-,34-,35-,36-,37-,38-/m0/s1. The number of aromatic nitrogens is 4. The highest BCUT2D eigenvalue weighted by atomic mass is 16.5. The van der Waals surface area contributed by atoms with Crippen molar-refractivity contribution in [2.24, 2.45) is 17.8 Å². The van der Waals surface area contributed by atoms with Gasteiger partial charge in [-0.1, -0.05) is 64.8 Å². The summed E-state index contributed by atoms with van der Waals surface area (Å²) in [6.45, 7) is 8.29. The molecular weight excluding hydrogens is 737 g/mol. The number of nitrogens with one attached hydrogen (secondary N) is 4. The minimum Gasteiger partial charge on any atom is -0.453 e. The molecule has 2 aliphatic carbocycles. The number of amides is 4. The van der Waals surface area contributed by atoms with E-state index in [9.17, 15) is 19.2 Å². The summed E-state index contributed by atoms with van der Waals surface area (Å²) < 4.78 is 9.65. The summed E-state index contributed by atoms with van der Waals surface area (Å²) in [5, 5.41) is 5.50. The molecule has 2 aromatic carbocycles. The largest absolute Gasteiger partial charge is 0.453 e. The molecule has 58 heavy (non-hydrogen) atoms. The first-order valence-corrected chi connectivity index (χ1v) is 20.7. The van der Waals surface area contributed by atoms with E-state index >= 15 is 0 Å². The lowest BCUT2D eigenvalue weighted by Crippen LogP contribution is -2.53. The van der Waals surface area contributed by atoms with Crippen molar-refractivity contribution >= 4 is 24.0 Å². The molecule has 2 saturated heterocycles. The normalized spacial score (nSPS) is 21.8. The fourth-order valence-corrected chi connectivity index (χ4v) is 9.66. The summed E-state index contributed by atoms with van der Waals surface area (Å²) in [6.07, 6.45) is 9.22. The quantitative estimate of drug-likeness (QED) is 0.113. The van der Waals surface area contributed by atoms with Gasteiger partial charge in [0.05, 0.1) is 50.1 Å². The van der Waals surface area contributed by atoms with E-state index in [1.807, 2.05) is 49.9 Å². The topological polar surface area (TPSA) is 175 Å². The van der Waals surface area contributed by atoms with Gasteiger partial charge in [-0.2, -0.15) is 0 Å². The zero-order chi connectivity index (χ0) is 40.8. The number of imidazole rings is 2. The van der Waals surface area contributed by atoms with Crippen LogP contribution in [0.1, 0.15) is 96.4 Å². The van der Waals surface area contributed by atoms with E-state index < -0.39 is 24.3 Å². The van der Waals surface area contributed by atoms with Crippen molar-refractivity contribution in [3.63, 3.8) is 0 Å². The van der Waals surface area contributed by atoms with Crippen LogP contribution in [0.4, 0.5) is 9.59 Å². The Kier molecular flexibility index (Phi) is 10.8. The van der Waals surface area contributed by atoms with Crippen molar-refractivity contribution in [2.45, 2.75) is 103 Å². The minimum atomic E-state index is -0.692. The average Bonchev–Trinajstić information content (AvgIpc) is 4.05. The molecule has 4 aromatic rings. The van der Waals surface area contributed by atoms with Crippen LogP contribution >= 0.6 is 0 Å².